The third-order valence-corrected chi connectivity index (χ3v) is 5.18. The Morgan fingerprint density at radius 1 is 1.25 bits per heavy atom. The molecular formula is C18H27ClN4O5. The van der Waals surface area contributed by atoms with Gasteiger partial charge in [0.2, 0.25) is 11.8 Å². The van der Waals surface area contributed by atoms with E-state index in [1.165, 1.54) is 0 Å². The maximum absolute atomic E-state index is 12.3. The van der Waals surface area contributed by atoms with E-state index in [-0.39, 0.29) is 36.2 Å². The molecule has 3 N–H and O–H groups in total. The van der Waals surface area contributed by atoms with Gasteiger partial charge in [-0.15, -0.1) is 0 Å². The van der Waals surface area contributed by atoms with Crippen molar-refractivity contribution in [1.82, 2.24) is 20.4 Å². The second-order valence-corrected chi connectivity index (χ2v) is 7.37. The van der Waals surface area contributed by atoms with Crippen LogP contribution in [0.5, 0.6) is 0 Å². The highest BCUT2D eigenvalue weighted by Crippen LogP contribution is 2.25. The molecule has 28 heavy (non-hydrogen) atoms. The number of rotatable bonds is 6. The average Bonchev–Trinajstić information content (AvgIpc) is 3.35. The topological polar surface area (TPSA) is 123 Å². The molecule has 1 atom stereocenters. The molecule has 10 heteroatoms. The van der Waals surface area contributed by atoms with E-state index >= 15 is 0 Å². The fraction of sp³-hybridized carbons (Fsp3) is 0.667. The summed E-state index contributed by atoms with van der Waals surface area (Å²) >= 11 is 5.81. The van der Waals surface area contributed by atoms with Gasteiger partial charge in [-0.2, -0.15) is 5.10 Å². The minimum absolute atomic E-state index is 0.00294. The lowest BCUT2D eigenvalue weighted by atomic mass is 9.85. The van der Waals surface area contributed by atoms with Crippen LogP contribution in [0.3, 0.4) is 0 Å². The molecule has 1 aliphatic carbocycles. The van der Waals surface area contributed by atoms with Crippen molar-refractivity contribution in [3.8, 4) is 0 Å². The van der Waals surface area contributed by atoms with E-state index < -0.39 is 0 Å². The Labute approximate surface area is 168 Å². The molecule has 1 unspecified atom stereocenters. The Morgan fingerprint density at radius 3 is 2.54 bits per heavy atom. The lowest BCUT2D eigenvalue weighted by molar-refractivity contribution is -0.127. The third kappa shape index (κ3) is 7.12. The zero-order chi connectivity index (χ0) is 20.4. The summed E-state index contributed by atoms with van der Waals surface area (Å²) in [6, 6.07) is 0.184. The first-order valence-electron chi connectivity index (χ1n) is 9.45. The second-order valence-electron chi connectivity index (χ2n) is 6.94. The van der Waals surface area contributed by atoms with Gasteiger partial charge in [0.05, 0.1) is 30.3 Å². The minimum atomic E-state index is -0.250. The van der Waals surface area contributed by atoms with E-state index in [4.69, 9.17) is 26.2 Å². The highest BCUT2D eigenvalue weighted by atomic mass is 35.5. The van der Waals surface area contributed by atoms with Crippen LogP contribution in [0, 0.1) is 11.8 Å². The van der Waals surface area contributed by atoms with Crippen molar-refractivity contribution >= 4 is 29.9 Å². The number of hydrogen-bond donors (Lipinski definition) is 3. The number of aromatic nitrogens is 2. The predicted octanol–water partition coefficient (Wildman–Crippen LogP) is 1.07. The van der Waals surface area contributed by atoms with Gasteiger partial charge >= 0.3 is 0 Å². The summed E-state index contributed by atoms with van der Waals surface area (Å²) in [5, 5.41) is 17.6. The molecule has 156 valence electrons. The second kappa shape index (κ2) is 11.7. The Balaban J connectivity index is 0.000000878. The molecule has 2 fully saturated rings. The highest BCUT2D eigenvalue weighted by molar-refractivity contribution is 6.30. The zero-order valence-corrected chi connectivity index (χ0v) is 16.4. The molecule has 1 aromatic rings. The van der Waals surface area contributed by atoms with Crippen molar-refractivity contribution in [2.24, 2.45) is 11.8 Å². The number of carboxylic acid groups (broad SMARTS) is 1. The highest BCUT2D eigenvalue weighted by Gasteiger charge is 2.29. The molecular weight excluding hydrogens is 388 g/mol. The molecule has 1 saturated carbocycles. The van der Waals surface area contributed by atoms with E-state index in [1.807, 2.05) is 0 Å². The molecule has 0 aromatic carbocycles. The van der Waals surface area contributed by atoms with E-state index in [9.17, 15) is 9.59 Å². The van der Waals surface area contributed by atoms with Gasteiger partial charge in [0, 0.05) is 31.3 Å². The Bertz CT molecular complexity index is 640. The smallest absolute Gasteiger partial charge is 0.290 e. The maximum atomic E-state index is 12.3. The quantitative estimate of drug-likeness (QED) is 0.598. The molecule has 0 radical (unpaired) electrons. The van der Waals surface area contributed by atoms with Crippen LogP contribution < -0.4 is 10.6 Å². The van der Waals surface area contributed by atoms with Crippen molar-refractivity contribution in [1.29, 1.82) is 0 Å². The van der Waals surface area contributed by atoms with Crippen LogP contribution in [0.25, 0.3) is 0 Å². The molecule has 1 aromatic heterocycles. The lowest BCUT2D eigenvalue weighted by Crippen LogP contribution is -2.43. The van der Waals surface area contributed by atoms with Crippen LogP contribution in [0.15, 0.2) is 12.4 Å². The van der Waals surface area contributed by atoms with E-state index in [0.717, 1.165) is 32.1 Å². The number of nitrogens with zero attached hydrogens (tertiary/aromatic N) is 2. The molecule has 3 rings (SSSR count). The van der Waals surface area contributed by atoms with Gasteiger partial charge in [0.15, 0.2) is 0 Å². The van der Waals surface area contributed by atoms with Crippen LogP contribution in [-0.4, -0.2) is 59.0 Å². The third-order valence-electron chi connectivity index (χ3n) is 4.99. The molecule has 1 aliphatic heterocycles. The van der Waals surface area contributed by atoms with E-state index in [1.54, 1.807) is 17.1 Å². The molecule has 2 heterocycles. The molecule has 0 bridgehead atoms. The molecule has 1 saturated heterocycles. The van der Waals surface area contributed by atoms with Crippen molar-refractivity contribution in [2.45, 2.75) is 44.7 Å². The predicted molar refractivity (Wildman–Crippen MR) is 102 cm³/mol. The Morgan fingerprint density at radius 2 is 1.96 bits per heavy atom. The van der Waals surface area contributed by atoms with E-state index in [0.29, 0.717) is 31.3 Å². The number of halogens is 1. The summed E-state index contributed by atoms with van der Waals surface area (Å²) in [6.07, 6.45) is 7.45. The average molecular weight is 415 g/mol. The van der Waals surface area contributed by atoms with Crippen molar-refractivity contribution < 1.29 is 24.2 Å². The van der Waals surface area contributed by atoms with Gasteiger partial charge in [-0.1, -0.05) is 11.6 Å². The number of carbonyl (C=O) groups excluding carboxylic acids is 2. The van der Waals surface area contributed by atoms with Crippen LogP contribution in [0.2, 0.25) is 5.02 Å². The van der Waals surface area contributed by atoms with Crippen molar-refractivity contribution in [3.63, 3.8) is 0 Å². The van der Waals surface area contributed by atoms with Crippen LogP contribution in [0.4, 0.5) is 0 Å². The zero-order valence-electron chi connectivity index (χ0n) is 15.7. The maximum Gasteiger partial charge on any atom is 0.290 e. The Kier molecular flexibility index (Phi) is 9.22. The first-order chi connectivity index (χ1) is 13.5. The monoisotopic (exact) mass is 414 g/mol. The fourth-order valence-electron chi connectivity index (χ4n) is 3.46. The number of nitrogens with one attached hydrogen (secondary N) is 2. The van der Waals surface area contributed by atoms with Crippen molar-refractivity contribution in [3.05, 3.63) is 17.4 Å². The minimum Gasteiger partial charge on any atom is -0.483 e. The molecule has 2 aliphatic rings. The lowest BCUT2D eigenvalue weighted by Gasteiger charge is -2.29. The molecule has 9 nitrogen and oxygen atoms in total. The van der Waals surface area contributed by atoms with Gasteiger partial charge < -0.3 is 20.5 Å². The summed E-state index contributed by atoms with van der Waals surface area (Å²) < 4.78 is 6.97. The number of ether oxygens (including phenoxy) is 1. The van der Waals surface area contributed by atoms with Gasteiger partial charge in [0.1, 0.15) is 0 Å². The van der Waals surface area contributed by atoms with Gasteiger partial charge in [-0.25, -0.2) is 0 Å². The summed E-state index contributed by atoms with van der Waals surface area (Å²) in [4.78, 5) is 32.7. The SMILES string of the molecule is O=C(NCCn1cc(Cl)cn1)C1CCC(NC(=O)C2CCOC2)CC1.O=CO. The number of carbonyl (C=O) groups is 3. The summed E-state index contributed by atoms with van der Waals surface area (Å²) in [5.41, 5.74) is 0. The first kappa shape index (κ1) is 22.2. The summed E-state index contributed by atoms with van der Waals surface area (Å²) in [6.45, 7) is 2.10. The van der Waals surface area contributed by atoms with Crippen LogP contribution in [0.1, 0.15) is 32.1 Å². The molecule has 0 spiro atoms. The van der Waals surface area contributed by atoms with E-state index in [2.05, 4.69) is 15.7 Å². The standard InChI is InChI=1S/C17H25ClN4O3.CH2O2/c18-14-9-20-22(10-14)7-6-19-16(23)12-1-3-15(4-2-12)21-17(24)13-5-8-25-11-13;2-1-3/h9-10,12-13,15H,1-8,11H2,(H,19,23)(H,21,24);1H,(H,2,3). The number of hydrogen-bond acceptors (Lipinski definition) is 5. The van der Waals surface area contributed by atoms with Gasteiger partial charge in [-0.3, -0.25) is 19.1 Å². The van der Waals surface area contributed by atoms with Gasteiger partial charge in [0.25, 0.3) is 6.47 Å². The number of amides is 2. The summed E-state index contributed by atoms with van der Waals surface area (Å²) in [7, 11) is 0. The summed E-state index contributed by atoms with van der Waals surface area (Å²) in [5.74, 6) is 0.219. The van der Waals surface area contributed by atoms with Crippen molar-refractivity contribution in [2.75, 3.05) is 19.8 Å². The van der Waals surface area contributed by atoms with Gasteiger partial charge in [-0.05, 0) is 32.1 Å². The Hall–Kier alpha value is -2.13. The molecule has 2 amide bonds. The van der Waals surface area contributed by atoms with Crippen LogP contribution >= 0.6 is 11.6 Å². The van der Waals surface area contributed by atoms with Crippen LogP contribution in [-0.2, 0) is 25.7 Å². The fourth-order valence-corrected chi connectivity index (χ4v) is 3.62. The largest absolute Gasteiger partial charge is 0.483 e. The normalized spacial score (nSPS) is 24.0. The first-order valence-corrected chi connectivity index (χ1v) is 9.83.